The van der Waals surface area contributed by atoms with Crippen LogP contribution in [0.1, 0.15) is 6.42 Å². The number of rotatable bonds is 1. The molecule has 0 saturated carbocycles. The summed E-state index contributed by atoms with van der Waals surface area (Å²) in [5, 5.41) is 18.1. The number of nitriles is 1. The topological polar surface area (TPSA) is 56.5 Å². The summed E-state index contributed by atoms with van der Waals surface area (Å²) >= 11 is 0. The van der Waals surface area contributed by atoms with Crippen molar-refractivity contribution in [2.24, 2.45) is 0 Å². The summed E-state index contributed by atoms with van der Waals surface area (Å²) in [5.41, 5.74) is 0.582. The standard InChI is InChI=1S/C8H12N2O2/c1-10-5-6(4-9)3-7(11)8(10)12-2/h5,7-8,11H,3H2,1-2H3/t7-,8+/m0/s1. The Balaban J connectivity index is 2.77. The zero-order valence-electron chi connectivity index (χ0n) is 7.19. The van der Waals surface area contributed by atoms with Gasteiger partial charge in [-0.2, -0.15) is 5.26 Å². The van der Waals surface area contributed by atoms with Gasteiger partial charge in [-0.3, -0.25) is 0 Å². The minimum atomic E-state index is -0.611. The fourth-order valence-corrected chi connectivity index (χ4v) is 1.37. The van der Waals surface area contributed by atoms with E-state index in [4.69, 9.17) is 10.00 Å². The molecule has 0 bridgehead atoms. The lowest BCUT2D eigenvalue weighted by Gasteiger charge is -2.33. The first-order chi connectivity index (χ1) is 5.69. The van der Waals surface area contributed by atoms with Crippen LogP contribution < -0.4 is 0 Å². The van der Waals surface area contributed by atoms with Crippen LogP contribution in [-0.2, 0) is 4.74 Å². The molecule has 4 heteroatoms. The first kappa shape index (κ1) is 9.04. The minimum Gasteiger partial charge on any atom is -0.388 e. The van der Waals surface area contributed by atoms with Crippen LogP contribution >= 0.6 is 0 Å². The molecule has 0 unspecified atom stereocenters. The molecule has 0 aromatic rings. The molecule has 0 spiro atoms. The summed E-state index contributed by atoms with van der Waals surface area (Å²) in [6, 6.07) is 2.01. The van der Waals surface area contributed by atoms with Crippen molar-refractivity contribution in [1.82, 2.24) is 4.90 Å². The van der Waals surface area contributed by atoms with Crippen molar-refractivity contribution < 1.29 is 9.84 Å². The molecule has 0 aromatic heterocycles. The Bertz CT molecular complexity index is 232. The van der Waals surface area contributed by atoms with Crippen molar-refractivity contribution in [2.45, 2.75) is 18.8 Å². The van der Waals surface area contributed by atoms with E-state index in [0.29, 0.717) is 12.0 Å². The van der Waals surface area contributed by atoms with Gasteiger partial charge in [0.25, 0.3) is 0 Å². The van der Waals surface area contributed by atoms with E-state index in [-0.39, 0.29) is 6.23 Å². The molecule has 1 heterocycles. The van der Waals surface area contributed by atoms with E-state index in [0.717, 1.165) is 0 Å². The molecule has 1 aliphatic rings. The Morgan fingerprint density at radius 2 is 2.50 bits per heavy atom. The first-order valence-electron chi connectivity index (χ1n) is 3.72. The van der Waals surface area contributed by atoms with E-state index in [1.807, 2.05) is 6.07 Å². The molecule has 0 fully saturated rings. The van der Waals surface area contributed by atoms with Crippen molar-refractivity contribution in [3.05, 3.63) is 11.8 Å². The van der Waals surface area contributed by atoms with E-state index in [2.05, 4.69) is 0 Å². The Labute approximate surface area is 71.7 Å². The largest absolute Gasteiger partial charge is 0.388 e. The molecule has 0 aromatic carbocycles. The lowest BCUT2D eigenvalue weighted by Crippen LogP contribution is -2.43. The van der Waals surface area contributed by atoms with E-state index < -0.39 is 6.10 Å². The number of hydrogen-bond acceptors (Lipinski definition) is 4. The summed E-state index contributed by atoms with van der Waals surface area (Å²) < 4.78 is 5.03. The number of ether oxygens (including phenoxy) is 1. The van der Waals surface area contributed by atoms with E-state index >= 15 is 0 Å². The van der Waals surface area contributed by atoms with Gasteiger partial charge < -0.3 is 14.7 Å². The van der Waals surface area contributed by atoms with Gasteiger partial charge in [-0.25, -0.2) is 0 Å². The van der Waals surface area contributed by atoms with Crippen molar-refractivity contribution in [3.8, 4) is 6.07 Å². The number of hydrogen-bond donors (Lipinski definition) is 1. The lowest BCUT2D eigenvalue weighted by atomic mass is 10.1. The molecule has 12 heavy (non-hydrogen) atoms. The highest BCUT2D eigenvalue weighted by molar-refractivity contribution is 5.23. The zero-order chi connectivity index (χ0) is 9.14. The molecule has 4 nitrogen and oxygen atoms in total. The summed E-state index contributed by atoms with van der Waals surface area (Å²) in [4.78, 5) is 1.70. The predicted molar refractivity (Wildman–Crippen MR) is 42.9 cm³/mol. The number of aliphatic hydroxyl groups excluding tert-OH is 1. The second kappa shape index (κ2) is 3.57. The third-order valence-electron chi connectivity index (χ3n) is 1.90. The van der Waals surface area contributed by atoms with Crippen molar-refractivity contribution in [3.63, 3.8) is 0 Å². The molecule has 1 N–H and O–H groups in total. The Kier molecular flexibility index (Phi) is 2.69. The molecular formula is C8H12N2O2. The third-order valence-corrected chi connectivity index (χ3v) is 1.90. The van der Waals surface area contributed by atoms with Gasteiger partial charge in [0.15, 0.2) is 6.23 Å². The van der Waals surface area contributed by atoms with Crippen LogP contribution in [0.25, 0.3) is 0 Å². The average molecular weight is 168 g/mol. The minimum absolute atomic E-state index is 0.331. The highest BCUT2D eigenvalue weighted by atomic mass is 16.5. The van der Waals surface area contributed by atoms with Crippen LogP contribution in [0.3, 0.4) is 0 Å². The van der Waals surface area contributed by atoms with Crippen LogP contribution in [0.5, 0.6) is 0 Å². The highest BCUT2D eigenvalue weighted by Gasteiger charge is 2.27. The van der Waals surface area contributed by atoms with Gasteiger partial charge >= 0.3 is 0 Å². The molecule has 66 valence electrons. The molecule has 1 rings (SSSR count). The van der Waals surface area contributed by atoms with Crippen LogP contribution in [0, 0.1) is 11.3 Å². The van der Waals surface area contributed by atoms with Crippen molar-refractivity contribution >= 4 is 0 Å². The molecule has 0 aliphatic carbocycles. The van der Waals surface area contributed by atoms with Gasteiger partial charge in [0.1, 0.15) is 6.10 Å². The first-order valence-corrected chi connectivity index (χ1v) is 3.72. The van der Waals surface area contributed by atoms with Crippen LogP contribution in [0.2, 0.25) is 0 Å². The SMILES string of the molecule is CO[C@@H]1[C@@H](O)CC(C#N)=CN1C. The van der Waals surface area contributed by atoms with Crippen LogP contribution in [0.4, 0.5) is 0 Å². The highest BCUT2D eigenvalue weighted by Crippen LogP contribution is 2.19. The summed E-state index contributed by atoms with van der Waals surface area (Å²) in [5.74, 6) is 0. The maximum atomic E-state index is 9.48. The van der Waals surface area contributed by atoms with Gasteiger partial charge in [0.2, 0.25) is 0 Å². The Morgan fingerprint density at radius 1 is 1.83 bits per heavy atom. The Hall–Kier alpha value is -1.05. The molecule has 0 saturated heterocycles. The van der Waals surface area contributed by atoms with E-state index in [1.54, 1.807) is 18.1 Å². The van der Waals surface area contributed by atoms with Crippen molar-refractivity contribution in [1.29, 1.82) is 5.26 Å². The van der Waals surface area contributed by atoms with Gasteiger partial charge in [-0.15, -0.1) is 0 Å². The van der Waals surface area contributed by atoms with Gasteiger partial charge in [-0.1, -0.05) is 0 Å². The smallest absolute Gasteiger partial charge is 0.155 e. The second-order valence-corrected chi connectivity index (χ2v) is 2.83. The van der Waals surface area contributed by atoms with Gasteiger partial charge in [0.05, 0.1) is 6.07 Å². The van der Waals surface area contributed by atoms with Crippen LogP contribution in [-0.4, -0.2) is 36.5 Å². The lowest BCUT2D eigenvalue weighted by molar-refractivity contribution is -0.0852. The number of methoxy groups -OCH3 is 1. The van der Waals surface area contributed by atoms with Crippen LogP contribution in [0.15, 0.2) is 11.8 Å². The van der Waals surface area contributed by atoms with Crippen molar-refractivity contribution in [2.75, 3.05) is 14.2 Å². The summed E-state index contributed by atoms with van der Waals surface area (Å²) in [6.07, 6.45) is 1.13. The number of likely N-dealkylation sites (N-methyl/N-ethyl adjacent to an activating group) is 1. The quantitative estimate of drug-likeness (QED) is 0.601. The van der Waals surface area contributed by atoms with E-state index in [9.17, 15) is 5.11 Å². The van der Waals surface area contributed by atoms with Gasteiger partial charge in [-0.05, 0) is 0 Å². The maximum Gasteiger partial charge on any atom is 0.155 e. The Morgan fingerprint density at radius 3 is 2.92 bits per heavy atom. The number of aliphatic hydroxyl groups is 1. The van der Waals surface area contributed by atoms with E-state index in [1.165, 1.54) is 7.11 Å². The number of nitrogens with zero attached hydrogens (tertiary/aromatic N) is 2. The second-order valence-electron chi connectivity index (χ2n) is 2.83. The third kappa shape index (κ3) is 1.58. The molecule has 2 atom stereocenters. The summed E-state index contributed by atoms with van der Waals surface area (Å²) in [7, 11) is 3.31. The molecular weight excluding hydrogens is 156 g/mol. The molecule has 1 aliphatic heterocycles. The van der Waals surface area contributed by atoms with Gasteiger partial charge in [0, 0.05) is 32.4 Å². The maximum absolute atomic E-state index is 9.48. The predicted octanol–water partition coefficient (Wildman–Crippen LogP) is 0.0628. The average Bonchev–Trinajstić information content (AvgIpc) is 2.03. The molecule has 0 radical (unpaired) electrons. The normalized spacial score (nSPS) is 29.5. The zero-order valence-corrected chi connectivity index (χ0v) is 7.19. The molecule has 0 amide bonds. The summed E-state index contributed by atoms with van der Waals surface area (Å²) in [6.45, 7) is 0. The fraction of sp³-hybridized carbons (Fsp3) is 0.625. The monoisotopic (exact) mass is 168 g/mol. The fourth-order valence-electron chi connectivity index (χ4n) is 1.37.